The molecule has 8 nitrogen and oxygen atoms in total. The summed E-state index contributed by atoms with van der Waals surface area (Å²) in [7, 11) is 0. The Bertz CT molecular complexity index is 956. The molecule has 1 fully saturated rings. The minimum atomic E-state index is -1.12. The number of H-pyrrole nitrogens is 1. The second kappa shape index (κ2) is 10.6. The number of nitrogens with zero attached hydrogens (tertiary/aromatic N) is 1. The van der Waals surface area contributed by atoms with Gasteiger partial charge < -0.3 is 20.1 Å². The minimum Gasteiger partial charge on any atom is -0.476 e. The molecule has 0 radical (unpaired) electrons. The van der Waals surface area contributed by atoms with Crippen LogP contribution < -0.4 is 5.32 Å². The number of imidazole rings is 1. The third kappa shape index (κ3) is 7.44. The van der Waals surface area contributed by atoms with Gasteiger partial charge in [-0.2, -0.15) is 0 Å². The van der Waals surface area contributed by atoms with Crippen LogP contribution in [0.4, 0.5) is 0 Å². The van der Waals surface area contributed by atoms with Crippen LogP contribution in [0, 0.1) is 11.8 Å². The molecule has 1 aliphatic carbocycles. The Morgan fingerprint density at radius 2 is 1.82 bits per heavy atom. The number of carboxylic acids is 1. The van der Waals surface area contributed by atoms with Crippen molar-refractivity contribution < 1.29 is 24.2 Å². The number of carboxylic acid groups (broad SMARTS) is 1. The van der Waals surface area contributed by atoms with E-state index in [1.165, 1.54) is 6.20 Å². The summed E-state index contributed by atoms with van der Waals surface area (Å²) in [5.74, 6) is -0.876. The maximum absolute atomic E-state index is 13.1. The zero-order chi connectivity index (χ0) is 24.0. The predicted octanol–water partition coefficient (Wildman–Crippen LogP) is 4.05. The molecule has 1 heterocycles. The summed E-state index contributed by atoms with van der Waals surface area (Å²) in [6.07, 6.45) is 5.21. The number of hydrogen-bond donors (Lipinski definition) is 3. The van der Waals surface area contributed by atoms with Crippen LogP contribution in [0.15, 0.2) is 36.5 Å². The summed E-state index contributed by atoms with van der Waals surface area (Å²) >= 11 is 0. The largest absolute Gasteiger partial charge is 0.476 e. The highest BCUT2D eigenvalue weighted by atomic mass is 16.6. The molecule has 0 bridgehead atoms. The number of esters is 1. The van der Waals surface area contributed by atoms with Gasteiger partial charge in [-0.05, 0) is 64.4 Å². The number of carbonyl (C=O) groups excluding carboxylic acids is 2. The third-order valence-corrected chi connectivity index (χ3v) is 5.84. The average molecular weight is 456 g/mol. The van der Waals surface area contributed by atoms with Gasteiger partial charge in [-0.15, -0.1) is 0 Å². The van der Waals surface area contributed by atoms with Gasteiger partial charge in [0, 0.05) is 18.5 Å². The molecule has 1 atom stereocenters. The Kier molecular flexibility index (Phi) is 7.89. The van der Waals surface area contributed by atoms with Crippen LogP contribution in [0.25, 0.3) is 0 Å². The fraction of sp³-hybridized carbons (Fsp3) is 0.520. The van der Waals surface area contributed by atoms with Crippen molar-refractivity contribution in [2.45, 2.75) is 70.9 Å². The van der Waals surface area contributed by atoms with Gasteiger partial charge in [-0.25, -0.2) is 9.78 Å². The van der Waals surface area contributed by atoms with E-state index in [1.807, 2.05) is 51.1 Å². The van der Waals surface area contributed by atoms with Crippen LogP contribution in [0.1, 0.15) is 80.8 Å². The smallest absolute Gasteiger partial charge is 0.356 e. The quantitative estimate of drug-likeness (QED) is 0.517. The molecule has 0 unspecified atom stereocenters. The lowest BCUT2D eigenvalue weighted by atomic mass is 9.80. The Labute approximate surface area is 194 Å². The normalized spacial score (nSPS) is 19.5. The molecule has 1 amide bonds. The van der Waals surface area contributed by atoms with Crippen LogP contribution >= 0.6 is 0 Å². The van der Waals surface area contributed by atoms with Crippen molar-refractivity contribution in [2.24, 2.45) is 11.8 Å². The van der Waals surface area contributed by atoms with E-state index in [2.05, 4.69) is 15.3 Å². The molecule has 1 aromatic heterocycles. The Balaban J connectivity index is 1.60. The maximum Gasteiger partial charge on any atom is 0.356 e. The molecule has 0 aliphatic heterocycles. The minimum absolute atomic E-state index is 0.0695. The van der Waals surface area contributed by atoms with Crippen molar-refractivity contribution in [1.82, 2.24) is 15.3 Å². The lowest BCUT2D eigenvalue weighted by Crippen LogP contribution is -2.37. The van der Waals surface area contributed by atoms with E-state index < -0.39 is 17.6 Å². The number of rotatable bonds is 8. The number of aromatic nitrogens is 2. The number of carbonyl (C=O) groups is 3. The number of hydrogen-bond acceptors (Lipinski definition) is 5. The number of nitrogens with one attached hydrogen (secondary N) is 2. The van der Waals surface area contributed by atoms with E-state index in [1.54, 1.807) is 0 Å². The fourth-order valence-corrected chi connectivity index (χ4v) is 4.23. The van der Waals surface area contributed by atoms with Gasteiger partial charge in [-0.3, -0.25) is 9.59 Å². The molecule has 178 valence electrons. The Hall–Kier alpha value is -3.16. The number of amides is 1. The summed E-state index contributed by atoms with van der Waals surface area (Å²) in [5, 5.41) is 12.3. The van der Waals surface area contributed by atoms with Crippen LogP contribution in [0.5, 0.6) is 0 Å². The first-order valence-electron chi connectivity index (χ1n) is 11.5. The zero-order valence-corrected chi connectivity index (χ0v) is 19.5. The molecule has 33 heavy (non-hydrogen) atoms. The van der Waals surface area contributed by atoms with Crippen molar-refractivity contribution in [3.8, 4) is 0 Å². The van der Waals surface area contributed by atoms with Crippen molar-refractivity contribution in [2.75, 3.05) is 0 Å². The van der Waals surface area contributed by atoms with E-state index in [0.29, 0.717) is 31.5 Å². The summed E-state index contributed by atoms with van der Waals surface area (Å²) in [4.78, 5) is 43.5. The van der Waals surface area contributed by atoms with Crippen LogP contribution in [-0.4, -0.2) is 38.5 Å². The zero-order valence-electron chi connectivity index (χ0n) is 19.5. The van der Waals surface area contributed by atoms with Gasteiger partial charge in [0.15, 0.2) is 5.69 Å². The van der Waals surface area contributed by atoms with Crippen molar-refractivity contribution in [3.05, 3.63) is 53.6 Å². The maximum atomic E-state index is 13.1. The molecule has 0 spiro atoms. The summed E-state index contributed by atoms with van der Waals surface area (Å²) < 4.78 is 5.42. The van der Waals surface area contributed by atoms with Crippen LogP contribution in [0.3, 0.4) is 0 Å². The highest BCUT2D eigenvalue weighted by Crippen LogP contribution is 2.32. The molecule has 1 aromatic carbocycles. The van der Waals surface area contributed by atoms with Gasteiger partial charge in [0.25, 0.3) is 0 Å². The van der Waals surface area contributed by atoms with Crippen molar-refractivity contribution in [1.29, 1.82) is 0 Å². The number of aromatic carboxylic acids is 1. The predicted molar refractivity (Wildman–Crippen MR) is 122 cm³/mol. The monoisotopic (exact) mass is 455 g/mol. The van der Waals surface area contributed by atoms with Gasteiger partial charge in [0.1, 0.15) is 11.4 Å². The first-order chi connectivity index (χ1) is 15.6. The average Bonchev–Trinajstić information content (AvgIpc) is 3.24. The fourth-order valence-electron chi connectivity index (χ4n) is 4.23. The van der Waals surface area contributed by atoms with E-state index in [0.717, 1.165) is 18.4 Å². The summed E-state index contributed by atoms with van der Waals surface area (Å²) in [6, 6.07) is 9.22. The number of ether oxygens (including phenoxy) is 1. The highest BCUT2D eigenvalue weighted by molar-refractivity contribution is 5.85. The second-order valence-corrected chi connectivity index (χ2v) is 9.74. The van der Waals surface area contributed by atoms with Gasteiger partial charge in [-0.1, -0.05) is 30.3 Å². The number of aromatic amines is 1. The van der Waals surface area contributed by atoms with Crippen LogP contribution in [0.2, 0.25) is 0 Å². The Morgan fingerprint density at radius 1 is 1.15 bits per heavy atom. The molecular formula is C25H33N3O5. The lowest BCUT2D eigenvalue weighted by Gasteiger charge is -2.29. The van der Waals surface area contributed by atoms with E-state index >= 15 is 0 Å². The molecule has 8 heteroatoms. The van der Waals surface area contributed by atoms with Crippen molar-refractivity contribution in [3.63, 3.8) is 0 Å². The lowest BCUT2D eigenvalue weighted by molar-refractivity contribution is -0.156. The molecular weight excluding hydrogens is 422 g/mol. The first-order valence-corrected chi connectivity index (χ1v) is 11.5. The summed E-state index contributed by atoms with van der Waals surface area (Å²) in [5.41, 5.74) is 0.436. The topological polar surface area (TPSA) is 121 Å². The molecule has 1 saturated carbocycles. The molecule has 1 aliphatic rings. The molecule has 2 aromatic rings. The van der Waals surface area contributed by atoms with Crippen molar-refractivity contribution >= 4 is 17.8 Å². The molecule has 3 rings (SSSR count). The van der Waals surface area contributed by atoms with E-state index in [-0.39, 0.29) is 29.4 Å². The standard InChI is InChI=1S/C25H33N3O5/c1-25(2,3)33-21(29)14-17-9-11-18(12-10-17)23(30)28-19(13-16-7-5-4-6-8-16)22-26-15-20(27-22)24(31)32/h4-8,15,17-19H,9-14H2,1-3H3,(H,26,27)(H,28,30)(H,31,32)/t17?,18?,19-/m0/s1. The molecule has 0 saturated heterocycles. The number of benzene rings is 1. The highest BCUT2D eigenvalue weighted by Gasteiger charge is 2.30. The first kappa shape index (κ1) is 24.5. The molecule has 3 N–H and O–H groups in total. The third-order valence-electron chi connectivity index (χ3n) is 5.84. The van der Waals surface area contributed by atoms with E-state index in [4.69, 9.17) is 4.74 Å². The van der Waals surface area contributed by atoms with E-state index in [9.17, 15) is 19.5 Å². The SMILES string of the molecule is CC(C)(C)OC(=O)CC1CCC(C(=O)N[C@@H](Cc2ccccc2)c2nc(C(=O)O)c[nH]2)CC1. The van der Waals surface area contributed by atoms with Gasteiger partial charge >= 0.3 is 11.9 Å². The summed E-state index contributed by atoms with van der Waals surface area (Å²) in [6.45, 7) is 5.57. The Morgan fingerprint density at radius 3 is 2.39 bits per heavy atom. The second-order valence-electron chi connectivity index (χ2n) is 9.74. The van der Waals surface area contributed by atoms with Crippen LogP contribution in [-0.2, 0) is 20.7 Å². The van der Waals surface area contributed by atoms with Gasteiger partial charge in [0.05, 0.1) is 6.04 Å². The van der Waals surface area contributed by atoms with Gasteiger partial charge in [0.2, 0.25) is 5.91 Å².